The van der Waals surface area contributed by atoms with E-state index in [0.717, 1.165) is 27.5 Å². The maximum absolute atomic E-state index is 13.6. The predicted molar refractivity (Wildman–Crippen MR) is 173 cm³/mol. The molecule has 0 bridgehead atoms. The molecule has 0 aliphatic carbocycles. The smallest absolute Gasteiger partial charge is 0.278 e. The van der Waals surface area contributed by atoms with Crippen LogP contribution in [0.3, 0.4) is 0 Å². The first-order chi connectivity index (χ1) is 21.4. The van der Waals surface area contributed by atoms with Crippen LogP contribution in [0.2, 0.25) is 0 Å². The van der Waals surface area contributed by atoms with Gasteiger partial charge >= 0.3 is 0 Å². The number of hydrogen-bond acceptors (Lipinski definition) is 3. The monoisotopic (exact) mass is 595 g/mol. The van der Waals surface area contributed by atoms with Crippen LogP contribution in [0.1, 0.15) is 29.5 Å². The number of quaternary nitrogens is 2. The van der Waals surface area contributed by atoms with E-state index in [1.807, 2.05) is 108 Å². The van der Waals surface area contributed by atoms with Crippen LogP contribution in [0.4, 0.5) is 0 Å². The van der Waals surface area contributed by atoms with E-state index in [2.05, 4.69) is 22.1 Å². The summed E-state index contributed by atoms with van der Waals surface area (Å²) in [5, 5.41) is 8.14. The van der Waals surface area contributed by atoms with E-state index in [1.165, 1.54) is 0 Å². The SMILES string of the molecule is [NH3+][C@@H](Cc1ccccc1)C(=O)NCCCN(CCCNC(=O)[C@@H]([NH3+])Cc1ccccc1)C(=O)Cc1cccc2ccccc12. The number of nitrogens with zero attached hydrogens (tertiary/aromatic N) is 1. The van der Waals surface area contributed by atoms with Gasteiger partial charge in [-0.25, -0.2) is 0 Å². The Hall–Kier alpha value is -4.53. The zero-order chi connectivity index (χ0) is 31.1. The van der Waals surface area contributed by atoms with Crippen molar-refractivity contribution in [3.8, 4) is 0 Å². The van der Waals surface area contributed by atoms with Gasteiger partial charge in [0.1, 0.15) is 0 Å². The van der Waals surface area contributed by atoms with E-state index >= 15 is 0 Å². The molecule has 230 valence electrons. The topological polar surface area (TPSA) is 134 Å². The van der Waals surface area contributed by atoms with Gasteiger partial charge in [-0.05, 0) is 40.3 Å². The third kappa shape index (κ3) is 10.0. The fraction of sp³-hybridized carbons (Fsp3) is 0.306. The first kappa shape index (κ1) is 32.4. The Morgan fingerprint density at radius 1 is 0.614 bits per heavy atom. The molecular formula is C36H45N5O3+2. The van der Waals surface area contributed by atoms with Gasteiger partial charge in [0, 0.05) is 39.0 Å². The molecule has 0 aliphatic rings. The van der Waals surface area contributed by atoms with Crippen LogP contribution in [-0.4, -0.2) is 60.9 Å². The minimum Gasteiger partial charge on any atom is -0.351 e. The van der Waals surface area contributed by atoms with Crippen LogP contribution in [0.15, 0.2) is 103 Å². The Morgan fingerprint density at radius 3 is 1.64 bits per heavy atom. The molecule has 44 heavy (non-hydrogen) atoms. The lowest BCUT2D eigenvalue weighted by atomic mass is 10.0. The lowest BCUT2D eigenvalue weighted by Gasteiger charge is -2.24. The quantitative estimate of drug-likeness (QED) is 0.148. The fourth-order valence-electron chi connectivity index (χ4n) is 5.32. The van der Waals surface area contributed by atoms with E-state index < -0.39 is 0 Å². The average molecular weight is 596 g/mol. The molecular weight excluding hydrogens is 550 g/mol. The van der Waals surface area contributed by atoms with Crippen molar-refractivity contribution in [2.45, 2.75) is 44.2 Å². The molecule has 0 aliphatic heterocycles. The normalized spacial score (nSPS) is 12.3. The summed E-state index contributed by atoms with van der Waals surface area (Å²) in [5.74, 6) is -0.163. The van der Waals surface area contributed by atoms with Crippen LogP contribution < -0.4 is 22.1 Å². The second-order valence-corrected chi connectivity index (χ2v) is 11.3. The van der Waals surface area contributed by atoms with Gasteiger partial charge in [0.2, 0.25) is 5.91 Å². The van der Waals surface area contributed by atoms with Gasteiger partial charge in [0.15, 0.2) is 12.1 Å². The Balaban J connectivity index is 1.29. The maximum Gasteiger partial charge on any atom is 0.278 e. The van der Waals surface area contributed by atoms with Crippen LogP contribution in [0.25, 0.3) is 10.8 Å². The summed E-state index contributed by atoms with van der Waals surface area (Å²) in [6.45, 7) is 1.92. The van der Waals surface area contributed by atoms with Crippen molar-refractivity contribution >= 4 is 28.5 Å². The molecule has 4 aromatic rings. The van der Waals surface area contributed by atoms with Gasteiger partial charge in [-0.1, -0.05) is 103 Å². The van der Waals surface area contributed by atoms with E-state index in [0.29, 0.717) is 51.9 Å². The summed E-state index contributed by atoms with van der Waals surface area (Å²) in [6.07, 6.45) is 2.68. The molecule has 0 fully saturated rings. The summed E-state index contributed by atoms with van der Waals surface area (Å²) in [7, 11) is 0. The predicted octanol–water partition coefficient (Wildman–Crippen LogP) is 1.93. The Labute approximate surface area is 259 Å². The lowest BCUT2D eigenvalue weighted by Crippen LogP contribution is -2.68. The van der Waals surface area contributed by atoms with Crippen LogP contribution in [0, 0.1) is 0 Å². The highest BCUT2D eigenvalue weighted by atomic mass is 16.2. The molecule has 4 rings (SSSR count). The minimum absolute atomic E-state index is 0.0252. The average Bonchev–Trinajstić information content (AvgIpc) is 3.04. The molecule has 0 heterocycles. The molecule has 8 nitrogen and oxygen atoms in total. The highest BCUT2D eigenvalue weighted by Gasteiger charge is 2.20. The third-order valence-corrected chi connectivity index (χ3v) is 7.77. The van der Waals surface area contributed by atoms with E-state index in [9.17, 15) is 14.4 Å². The van der Waals surface area contributed by atoms with Gasteiger partial charge in [-0.2, -0.15) is 0 Å². The van der Waals surface area contributed by atoms with Crippen LogP contribution in [-0.2, 0) is 33.6 Å². The van der Waals surface area contributed by atoms with E-state index in [-0.39, 0.29) is 36.2 Å². The molecule has 0 saturated carbocycles. The number of nitrogens with one attached hydrogen (secondary N) is 2. The van der Waals surface area contributed by atoms with Crippen molar-refractivity contribution in [1.82, 2.24) is 15.5 Å². The van der Waals surface area contributed by atoms with Crippen molar-refractivity contribution in [2.24, 2.45) is 0 Å². The summed E-state index contributed by atoms with van der Waals surface area (Å²) < 4.78 is 0. The highest BCUT2D eigenvalue weighted by Crippen LogP contribution is 2.19. The third-order valence-electron chi connectivity index (χ3n) is 7.77. The van der Waals surface area contributed by atoms with Crippen molar-refractivity contribution in [2.75, 3.05) is 26.2 Å². The maximum atomic E-state index is 13.6. The fourth-order valence-corrected chi connectivity index (χ4v) is 5.32. The first-order valence-corrected chi connectivity index (χ1v) is 15.4. The Bertz CT molecular complexity index is 1420. The highest BCUT2D eigenvalue weighted by molar-refractivity contribution is 5.90. The van der Waals surface area contributed by atoms with Gasteiger partial charge < -0.3 is 27.0 Å². The van der Waals surface area contributed by atoms with Gasteiger partial charge in [0.25, 0.3) is 11.8 Å². The molecule has 0 saturated heterocycles. The van der Waals surface area contributed by atoms with Gasteiger partial charge in [0.05, 0.1) is 6.42 Å². The molecule has 0 spiro atoms. The number of carbonyl (C=O) groups is 3. The second-order valence-electron chi connectivity index (χ2n) is 11.3. The van der Waals surface area contributed by atoms with Crippen LogP contribution in [0.5, 0.6) is 0 Å². The van der Waals surface area contributed by atoms with Crippen molar-refractivity contribution in [3.63, 3.8) is 0 Å². The number of rotatable bonds is 16. The first-order valence-electron chi connectivity index (χ1n) is 15.4. The number of hydrogen-bond donors (Lipinski definition) is 4. The molecule has 8 N–H and O–H groups in total. The standard InChI is InChI=1S/C36H43N5O3/c37-32(24-27-12-3-1-4-13-27)35(43)39-20-10-22-41(34(42)26-30-18-9-17-29-16-7-8-19-31(29)30)23-11-21-40-36(44)33(38)25-28-14-5-2-6-15-28/h1-9,12-19,32-33H,10-11,20-26,37-38H2,(H,39,43)(H,40,44)/p+2/t32-,33-/m0/s1. The summed E-state index contributed by atoms with van der Waals surface area (Å²) >= 11 is 0. The second kappa shape index (κ2) is 16.9. The number of fused-ring (bicyclic) bond motifs is 1. The van der Waals surface area contributed by atoms with Crippen molar-refractivity contribution in [3.05, 3.63) is 120 Å². The zero-order valence-corrected chi connectivity index (χ0v) is 25.4. The molecule has 8 heteroatoms. The number of amides is 3. The summed E-state index contributed by atoms with van der Waals surface area (Å²) in [5.41, 5.74) is 11.2. The molecule has 2 atom stereocenters. The molecule has 0 aromatic heterocycles. The molecule has 0 radical (unpaired) electrons. The Morgan fingerprint density at radius 2 is 1.09 bits per heavy atom. The van der Waals surface area contributed by atoms with E-state index in [4.69, 9.17) is 0 Å². The van der Waals surface area contributed by atoms with Crippen LogP contribution >= 0.6 is 0 Å². The number of benzene rings is 4. The Kier molecular flexibility index (Phi) is 12.5. The zero-order valence-electron chi connectivity index (χ0n) is 25.4. The summed E-state index contributed by atoms with van der Waals surface area (Å²) in [6, 6.07) is 33.0. The van der Waals surface area contributed by atoms with Crippen molar-refractivity contribution < 1.29 is 25.9 Å². The van der Waals surface area contributed by atoms with E-state index in [1.54, 1.807) is 0 Å². The lowest BCUT2D eigenvalue weighted by molar-refractivity contribution is -0.403. The largest absolute Gasteiger partial charge is 0.351 e. The molecule has 0 unspecified atom stereocenters. The summed E-state index contributed by atoms with van der Waals surface area (Å²) in [4.78, 5) is 40.7. The van der Waals surface area contributed by atoms with Gasteiger partial charge in [-0.15, -0.1) is 0 Å². The van der Waals surface area contributed by atoms with Crippen molar-refractivity contribution in [1.29, 1.82) is 0 Å². The number of carbonyl (C=O) groups excluding carboxylic acids is 3. The molecule has 3 amide bonds. The minimum atomic E-state index is -0.385. The van der Waals surface area contributed by atoms with Gasteiger partial charge in [-0.3, -0.25) is 14.4 Å². The molecule has 4 aromatic carbocycles.